The molecule has 0 saturated carbocycles. The van der Waals surface area contributed by atoms with Crippen molar-refractivity contribution in [2.24, 2.45) is 7.05 Å². The maximum atomic E-state index is 11.9. The van der Waals surface area contributed by atoms with Gasteiger partial charge in [0, 0.05) is 13.1 Å². The summed E-state index contributed by atoms with van der Waals surface area (Å²) in [6, 6.07) is 11.6. The molecule has 4 heteroatoms. The van der Waals surface area contributed by atoms with Gasteiger partial charge in [0.15, 0.2) is 0 Å². The summed E-state index contributed by atoms with van der Waals surface area (Å²) in [6.45, 7) is 0. The van der Waals surface area contributed by atoms with Crippen molar-refractivity contribution in [1.29, 1.82) is 5.26 Å². The highest BCUT2D eigenvalue weighted by atomic mass is 32.1. The van der Waals surface area contributed by atoms with E-state index in [0.29, 0.717) is 9.20 Å². The quantitative estimate of drug-likeness (QED) is 0.734. The number of thiazole rings is 1. The molecule has 17 heavy (non-hydrogen) atoms. The fourth-order valence-corrected chi connectivity index (χ4v) is 2.44. The summed E-state index contributed by atoms with van der Waals surface area (Å²) in [7, 11) is 1.67. The summed E-state index contributed by atoms with van der Waals surface area (Å²) in [5.41, 5.74) is 0.912. The van der Waals surface area contributed by atoms with Gasteiger partial charge in [-0.1, -0.05) is 30.3 Å². The van der Waals surface area contributed by atoms with Crippen molar-refractivity contribution < 1.29 is 0 Å². The van der Waals surface area contributed by atoms with E-state index in [1.807, 2.05) is 42.5 Å². The number of aromatic nitrogens is 1. The SMILES string of the molecule is Cn1c(=O)/c(=C\c2ccccc2)s/c1=C\C#N. The van der Waals surface area contributed by atoms with Gasteiger partial charge in [-0.2, -0.15) is 5.26 Å². The number of benzene rings is 1. The molecule has 1 heterocycles. The first kappa shape index (κ1) is 11.4. The van der Waals surface area contributed by atoms with Crippen LogP contribution in [0.15, 0.2) is 35.1 Å². The maximum absolute atomic E-state index is 11.9. The molecule has 0 unspecified atom stereocenters. The lowest BCUT2D eigenvalue weighted by Crippen LogP contribution is -2.28. The average Bonchev–Trinajstić information content (AvgIpc) is 2.60. The molecule has 2 aromatic rings. The summed E-state index contributed by atoms with van der Waals surface area (Å²) in [4.78, 5) is 11.9. The molecule has 3 nitrogen and oxygen atoms in total. The molecule has 0 atom stereocenters. The Hall–Kier alpha value is -2.12. The summed E-state index contributed by atoms with van der Waals surface area (Å²) in [5.74, 6) is 0. The van der Waals surface area contributed by atoms with Gasteiger partial charge in [-0.15, -0.1) is 11.3 Å². The fraction of sp³-hybridized carbons (Fsp3) is 0.0769. The van der Waals surface area contributed by atoms with Crippen molar-refractivity contribution in [3.8, 4) is 6.07 Å². The van der Waals surface area contributed by atoms with Crippen molar-refractivity contribution >= 4 is 23.5 Å². The minimum absolute atomic E-state index is 0.0691. The van der Waals surface area contributed by atoms with Crippen LogP contribution in [0.4, 0.5) is 0 Å². The molecule has 0 bridgehead atoms. The molecule has 1 aromatic heterocycles. The molecule has 0 N–H and O–H groups in total. The van der Waals surface area contributed by atoms with E-state index in [-0.39, 0.29) is 5.56 Å². The Kier molecular flexibility index (Phi) is 3.22. The van der Waals surface area contributed by atoms with Crippen LogP contribution in [0.25, 0.3) is 12.2 Å². The van der Waals surface area contributed by atoms with Gasteiger partial charge in [0.1, 0.15) is 4.66 Å². The predicted octanol–water partition coefficient (Wildman–Crippen LogP) is 0.580. The molecule has 0 radical (unpaired) electrons. The second-order valence-electron chi connectivity index (χ2n) is 3.50. The molecule has 0 fully saturated rings. The van der Waals surface area contributed by atoms with Gasteiger partial charge in [-0.3, -0.25) is 4.79 Å². The highest BCUT2D eigenvalue weighted by Crippen LogP contribution is 1.97. The largest absolute Gasteiger partial charge is 0.301 e. The van der Waals surface area contributed by atoms with Crippen LogP contribution in [0, 0.1) is 11.3 Å². The average molecular weight is 242 g/mol. The van der Waals surface area contributed by atoms with Crippen LogP contribution < -0.4 is 14.8 Å². The molecule has 0 aliphatic heterocycles. The monoisotopic (exact) mass is 242 g/mol. The van der Waals surface area contributed by atoms with Crippen molar-refractivity contribution in [2.45, 2.75) is 0 Å². The zero-order valence-corrected chi connectivity index (χ0v) is 10.1. The Balaban J connectivity index is 2.68. The zero-order valence-electron chi connectivity index (χ0n) is 9.25. The van der Waals surface area contributed by atoms with E-state index in [4.69, 9.17) is 5.26 Å². The van der Waals surface area contributed by atoms with Crippen molar-refractivity contribution in [3.05, 3.63) is 55.4 Å². The van der Waals surface area contributed by atoms with Crippen LogP contribution in [0.1, 0.15) is 5.56 Å². The summed E-state index contributed by atoms with van der Waals surface area (Å²) in [6.07, 6.45) is 3.22. The lowest BCUT2D eigenvalue weighted by Gasteiger charge is -1.87. The highest BCUT2D eigenvalue weighted by molar-refractivity contribution is 7.07. The number of rotatable bonds is 1. The number of nitrogens with zero attached hydrogens (tertiary/aromatic N) is 2. The Bertz CT molecular complexity index is 732. The topological polar surface area (TPSA) is 45.8 Å². The molecular weight excluding hydrogens is 232 g/mol. The molecule has 1 aromatic carbocycles. The first-order valence-electron chi connectivity index (χ1n) is 5.05. The van der Waals surface area contributed by atoms with E-state index in [1.54, 1.807) is 7.05 Å². The standard InChI is InChI=1S/C13H10N2OS/c1-15-12(7-8-14)17-11(13(15)16)9-10-5-3-2-4-6-10/h2-7,9H,1H3/b11-9+,12-7-. The lowest BCUT2D eigenvalue weighted by atomic mass is 10.2. The van der Waals surface area contributed by atoms with Crippen molar-refractivity contribution in [2.75, 3.05) is 0 Å². The third-order valence-corrected chi connectivity index (χ3v) is 3.46. The van der Waals surface area contributed by atoms with E-state index >= 15 is 0 Å². The van der Waals surface area contributed by atoms with Crippen LogP contribution in [0.5, 0.6) is 0 Å². The summed E-state index contributed by atoms with van der Waals surface area (Å²) < 4.78 is 2.79. The molecule has 0 amide bonds. The summed E-state index contributed by atoms with van der Waals surface area (Å²) >= 11 is 1.32. The first-order chi connectivity index (χ1) is 8.22. The van der Waals surface area contributed by atoms with E-state index < -0.39 is 0 Å². The highest BCUT2D eigenvalue weighted by Gasteiger charge is 1.99. The second-order valence-corrected chi connectivity index (χ2v) is 4.56. The van der Waals surface area contributed by atoms with Crippen LogP contribution in [-0.4, -0.2) is 4.57 Å². The minimum atomic E-state index is -0.0691. The Morgan fingerprint density at radius 3 is 2.71 bits per heavy atom. The Labute approximate surface area is 102 Å². The smallest absolute Gasteiger partial charge is 0.268 e. The lowest BCUT2D eigenvalue weighted by molar-refractivity contribution is 0.857. The number of hydrogen-bond donors (Lipinski definition) is 0. The van der Waals surface area contributed by atoms with Crippen molar-refractivity contribution in [1.82, 2.24) is 4.57 Å². The van der Waals surface area contributed by atoms with E-state index in [2.05, 4.69) is 0 Å². The third kappa shape index (κ3) is 2.35. The van der Waals surface area contributed by atoms with E-state index in [9.17, 15) is 4.79 Å². The van der Waals surface area contributed by atoms with Crippen LogP contribution in [-0.2, 0) is 7.05 Å². The number of hydrogen-bond acceptors (Lipinski definition) is 3. The first-order valence-corrected chi connectivity index (χ1v) is 5.86. The fourth-order valence-electron chi connectivity index (χ4n) is 1.46. The molecule has 0 spiro atoms. The van der Waals surface area contributed by atoms with Crippen molar-refractivity contribution in [3.63, 3.8) is 0 Å². The number of nitriles is 1. The molecular formula is C13H10N2OS. The Morgan fingerprint density at radius 2 is 2.06 bits per heavy atom. The molecule has 0 aliphatic carbocycles. The third-order valence-electron chi connectivity index (χ3n) is 2.35. The van der Waals surface area contributed by atoms with E-state index in [0.717, 1.165) is 5.56 Å². The van der Waals surface area contributed by atoms with Gasteiger partial charge >= 0.3 is 0 Å². The normalized spacial score (nSPS) is 12.7. The summed E-state index contributed by atoms with van der Waals surface area (Å²) in [5, 5.41) is 8.61. The van der Waals surface area contributed by atoms with Crippen LogP contribution in [0.3, 0.4) is 0 Å². The zero-order chi connectivity index (χ0) is 12.3. The molecule has 0 saturated heterocycles. The van der Waals surface area contributed by atoms with Gasteiger partial charge in [0.05, 0.1) is 10.6 Å². The predicted molar refractivity (Wildman–Crippen MR) is 68.9 cm³/mol. The van der Waals surface area contributed by atoms with Gasteiger partial charge in [0.25, 0.3) is 5.56 Å². The maximum Gasteiger partial charge on any atom is 0.268 e. The van der Waals surface area contributed by atoms with Gasteiger partial charge < -0.3 is 4.57 Å². The van der Waals surface area contributed by atoms with Crippen LogP contribution in [0.2, 0.25) is 0 Å². The van der Waals surface area contributed by atoms with E-state index in [1.165, 1.54) is 22.0 Å². The van der Waals surface area contributed by atoms with Crippen LogP contribution >= 0.6 is 11.3 Å². The second kappa shape index (κ2) is 4.81. The molecule has 84 valence electrons. The van der Waals surface area contributed by atoms with Gasteiger partial charge in [-0.05, 0) is 11.6 Å². The van der Waals surface area contributed by atoms with Gasteiger partial charge in [-0.25, -0.2) is 0 Å². The molecule has 2 rings (SSSR count). The minimum Gasteiger partial charge on any atom is -0.301 e. The molecule has 0 aliphatic rings. The Morgan fingerprint density at radius 1 is 1.35 bits per heavy atom. The van der Waals surface area contributed by atoms with Gasteiger partial charge in [0.2, 0.25) is 0 Å².